The van der Waals surface area contributed by atoms with Crippen molar-refractivity contribution in [3.8, 4) is 0 Å². The van der Waals surface area contributed by atoms with Gasteiger partial charge in [0, 0.05) is 11.9 Å². The second-order valence-corrected chi connectivity index (χ2v) is 5.99. The number of thiophene rings is 1. The minimum atomic E-state index is -0.230. The minimum absolute atomic E-state index is 0.0709. The Morgan fingerprint density at radius 2 is 2.05 bits per heavy atom. The van der Waals surface area contributed by atoms with E-state index in [0.29, 0.717) is 11.2 Å². The first-order chi connectivity index (χ1) is 10.6. The van der Waals surface area contributed by atoms with Gasteiger partial charge in [0.15, 0.2) is 0 Å². The third-order valence-corrected chi connectivity index (χ3v) is 4.28. The molecule has 1 N–H and O–H groups in total. The van der Waals surface area contributed by atoms with Crippen molar-refractivity contribution in [3.05, 3.63) is 63.4 Å². The summed E-state index contributed by atoms with van der Waals surface area (Å²) in [5.41, 5.74) is 1.97. The first-order valence-electron chi connectivity index (χ1n) is 6.89. The van der Waals surface area contributed by atoms with Crippen LogP contribution in [-0.4, -0.2) is 15.7 Å². The van der Waals surface area contributed by atoms with Crippen LogP contribution in [0.1, 0.15) is 11.1 Å². The molecule has 6 heteroatoms. The molecule has 0 spiro atoms. The molecule has 0 saturated heterocycles. The van der Waals surface area contributed by atoms with Crippen LogP contribution < -0.4 is 10.9 Å². The third kappa shape index (κ3) is 3.07. The van der Waals surface area contributed by atoms with Gasteiger partial charge in [0.1, 0.15) is 11.2 Å². The molecule has 0 radical (unpaired) electrons. The quantitative estimate of drug-likeness (QED) is 0.802. The Bertz CT molecular complexity index is 865. The number of rotatable bonds is 4. The van der Waals surface area contributed by atoms with Crippen LogP contribution in [0.4, 0.5) is 0 Å². The average Bonchev–Trinajstić information content (AvgIpc) is 2.99. The van der Waals surface area contributed by atoms with Crippen molar-refractivity contribution >= 4 is 27.3 Å². The number of aryl methyl sites for hydroxylation is 1. The minimum Gasteiger partial charge on any atom is -0.350 e. The smallest absolute Gasteiger partial charge is 0.285 e. The number of carbonyl (C=O) groups excluding carboxylic acids is 1. The molecule has 1 amide bonds. The fraction of sp³-hybridized carbons (Fsp3) is 0.188. The highest BCUT2D eigenvalue weighted by Crippen LogP contribution is 2.14. The fourth-order valence-corrected chi connectivity index (χ4v) is 2.92. The summed E-state index contributed by atoms with van der Waals surface area (Å²) in [7, 11) is 0. The first kappa shape index (κ1) is 14.5. The number of nitrogens with one attached hydrogen (secondary N) is 1. The number of fused-ring (bicyclic) bond motifs is 1. The summed E-state index contributed by atoms with van der Waals surface area (Å²) in [6, 6.07) is 9.78. The van der Waals surface area contributed by atoms with Crippen LogP contribution >= 0.6 is 11.3 Å². The first-order valence-corrected chi connectivity index (χ1v) is 7.77. The van der Waals surface area contributed by atoms with E-state index in [-0.39, 0.29) is 18.0 Å². The highest BCUT2D eigenvalue weighted by molar-refractivity contribution is 7.17. The average molecular weight is 313 g/mol. The van der Waals surface area contributed by atoms with Crippen molar-refractivity contribution in [2.45, 2.75) is 20.0 Å². The molecule has 0 aliphatic heterocycles. The number of aromatic nitrogens is 2. The van der Waals surface area contributed by atoms with Gasteiger partial charge in [0.25, 0.3) is 5.56 Å². The highest BCUT2D eigenvalue weighted by Gasteiger charge is 2.09. The second-order valence-electron chi connectivity index (χ2n) is 5.07. The van der Waals surface area contributed by atoms with E-state index >= 15 is 0 Å². The van der Waals surface area contributed by atoms with Gasteiger partial charge < -0.3 is 5.32 Å². The number of hydrogen-bond donors (Lipinski definition) is 1. The molecule has 22 heavy (non-hydrogen) atoms. The molecule has 0 aliphatic rings. The second kappa shape index (κ2) is 6.11. The number of hydrogen-bond acceptors (Lipinski definition) is 4. The van der Waals surface area contributed by atoms with Gasteiger partial charge in [-0.05, 0) is 23.9 Å². The van der Waals surface area contributed by atoms with Crippen LogP contribution in [0.15, 0.2) is 46.7 Å². The number of carbonyl (C=O) groups is 1. The van der Waals surface area contributed by atoms with Gasteiger partial charge in [-0.1, -0.05) is 29.8 Å². The van der Waals surface area contributed by atoms with Gasteiger partial charge in [-0.2, -0.15) is 5.10 Å². The zero-order valence-electron chi connectivity index (χ0n) is 12.1. The lowest BCUT2D eigenvalue weighted by Gasteiger charge is -2.07. The lowest BCUT2D eigenvalue weighted by molar-refractivity contribution is -0.122. The Kier molecular flexibility index (Phi) is 4.02. The number of benzene rings is 1. The van der Waals surface area contributed by atoms with Crippen molar-refractivity contribution in [3.63, 3.8) is 0 Å². The Hall–Kier alpha value is -2.47. The lowest BCUT2D eigenvalue weighted by Crippen LogP contribution is -2.33. The summed E-state index contributed by atoms with van der Waals surface area (Å²) in [5.74, 6) is -0.230. The molecule has 112 valence electrons. The third-order valence-electron chi connectivity index (χ3n) is 3.36. The molecule has 0 unspecified atom stereocenters. The van der Waals surface area contributed by atoms with Gasteiger partial charge in [-0.3, -0.25) is 9.59 Å². The molecule has 5 nitrogen and oxygen atoms in total. The van der Waals surface area contributed by atoms with E-state index < -0.39 is 0 Å². The molecule has 2 aromatic heterocycles. The Morgan fingerprint density at radius 1 is 1.27 bits per heavy atom. The van der Waals surface area contributed by atoms with E-state index in [2.05, 4.69) is 10.4 Å². The van der Waals surface area contributed by atoms with Crippen molar-refractivity contribution in [2.75, 3.05) is 0 Å². The largest absolute Gasteiger partial charge is 0.350 e. The summed E-state index contributed by atoms with van der Waals surface area (Å²) in [5, 5.41) is 9.49. The van der Waals surface area contributed by atoms with Crippen LogP contribution in [0.2, 0.25) is 0 Å². The number of nitrogens with zero attached hydrogens (tertiary/aromatic N) is 2. The van der Waals surface area contributed by atoms with Gasteiger partial charge in [-0.25, -0.2) is 4.68 Å². The fourth-order valence-electron chi connectivity index (χ4n) is 2.11. The summed E-state index contributed by atoms with van der Waals surface area (Å²) in [6.07, 6.45) is 1.61. The molecule has 0 atom stereocenters. The van der Waals surface area contributed by atoms with E-state index in [0.717, 1.165) is 10.9 Å². The molecule has 2 heterocycles. The Labute approximate surface area is 131 Å². The van der Waals surface area contributed by atoms with Crippen molar-refractivity contribution in [2.24, 2.45) is 0 Å². The predicted molar refractivity (Wildman–Crippen MR) is 86.9 cm³/mol. The molecule has 1 aromatic carbocycles. The molecule has 0 saturated carbocycles. The zero-order chi connectivity index (χ0) is 15.5. The van der Waals surface area contributed by atoms with E-state index in [4.69, 9.17) is 0 Å². The standard InChI is InChI=1S/C16H15N3O2S/c1-11-2-4-12(5-3-11)8-17-14(20)10-19-16(21)15-13(9-18-19)6-7-22-15/h2-7,9H,8,10H2,1H3,(H,17,20). The van der Waals surface area contributed by atoms with Crippen molar-refractivity contribution < 1.29 is 4.79 Å². The maximum Gasteiger partial charge on any atom is 0.285 e. The van der Waals surface area contributed by atoms with E-state index in [9.17, 15) is 9.59 Å². The Morgan fingerprint density at radius 3 is 2.82 bits per heavy atom. The molecule has 3 aromatic rings. The zero-order valence-corrected chi connectivity index (χ0v) is 12.9. The SMILES string of the molecule is Cc1ccc(CNC(=O)Cn2ncc3ccsc3c2=O)cc1. The van der Waals surface area contributed by atoms with Gasteiger partial charge in [0.2, 0.25) is 5.91 Å². The molecular formula is C16H15N3O2S. The van der Waals surface area contributed by atoms with Gasteiger partial charge >= 0.3 is 0 Å². The van der Waals surface area contributed by atoms with E-state index in [1.54, 1.807) is 6.20 Å². The van der Waals surface area contributed by atoms with Gasteiger partial charge in [0.05, 0.1) is 6.20 Å². The number of amides is 1. The van der Waals surface area contributed by atoms with Crippen LogP contribution in [0.3, 0.4) is 0 Å². The van der Waals surface area contributed by atoms with Crippen LogP contribution in [0.25, 0.3) is 10.1 Å². The summed E-state index contributed by atoms with van der Waals surface area (Å²) in [6.45, 7) is 2.38. The summed E-state index contributed by atoms with van der Waals surface area (Å²) >= 11 is 1.36. The molecule has 0 fully saturated rings. The topological polar surface area (TPSA) is 64.0 Å². The maximum atomic E-state index is 12.2. The van der Waals surface area contributed by atoms with E-state index in [1.165, 1.54) is 21.6 Å². The van der Waals surface area contributed by atoms with Crippen molar-refractivity contribution in [1.82, 2.24) is 15.1 Å². The molecule has 0 aliphatic carbocycles. The Balaban J connectivity index is 1.66. The monoisotopic (exact) mass is 313 g/mol. The molecule has 0 bridgehead atoms. The van der Waals surface area contributed by atoms with Crippen molar-refractivity contribution in [1.29, 1.82) is 0 Å². The highest BCUT2D eigenvalue weighted by atomic mass is 32.1. The van der Waals surface area contributed by atoms with E-state index in [1.807, 2.05) is 42.6 Å². The van der Waals surface area contributed by atoms with Crippen LogP contribution in [0.5, 0.6) is 0 Å². The predicted octanol–water partition coefficient (Wildman–Crippen LogP) is 2.08. The lowest BCUT2D eigenvalue weighted by atomic mass is 10.1. The summed E-state index contributed by atoms with van der Waals surface area (Å²) < 4.78 is 1.82. The maximum absolute atomic E-state index is 12.2. The normalized spacial score (nSPS) is 10.8. The molecular weight excluding hydrogens is 298 g/mol. The van der Waals surface area contributed by atoms with Crippen LogP contribution in [0, 0.1) is 6.92 Å². The van der Waals surface area contributed by atoms with Crippen LogP contribution in [-0.2, 0) is 17.9 Å². The molecule has 3 rings (SSSR count). The van der Waals surface area contributed by atoms with Gasteiger partial charge in [-0.15, -0.1) is 11.3 Å². The summed E-state index contributed by atoms with van der Waals surface area (Å²) in [4.78, 5) is 24.1.